The average molecular weight is 346 g/mol. The maximum absolute atomic E-state index is 14.0. The van der Waals surface area contributed by atoms with Crippen LogP contribution in [0.4, 0.5) is 8.78 Å². The molecule has 0 aliphatic carbocycles. The molecule has 0 saturated carbocycles. The van der Waals surface area contributed by atoms with Gasteiger partial charge < -0.3 is 9.30 Å². The number of halogens is 3. The van der Waals surface area contributed by atoms with Gasteiger partial charge >= 0.3 is 0 Å². The van der Waals surface area contributed by atoms with Crippen molar-refractivity contribution in [1.82, 2.24) is 14.8 Å². The third-order valence-electron chi connectivity index (χ3n) is 2.96. The van der Waals surface area contributed by atoms with Crippen molar-refractivity contribution in [2.45, 2.75) is 18.8 Å². The minimum Gasteiger partial charge on any atom is -0.383 e. The van der Waals surface area contributed by atoms with E-state index in [-0.39, 0.29) is 5.56 Å². The predicted molar refractivity (Wildman–Crippen MR) is 74.6 cm³/mol. The van der Waals surface area contributed by atoms with Crippen LogP contribution in [0.3, 0.4) is 0 Å². The first-order valence-electron chi connectivity index (χ1n) is 6.01. The molecule has 4 nitrogen and oxygen atoms in total. The highest BCUT2D eigenvalue weighted by Crippen LogP contribution is 2.25. The van der Waals surface area contributed by atoms with Crippen molar-refractivity contribution in [3.05, 3.63) is 35.2 Å². The fourth-order valence-corrected chi connectivity index (χ4v) is 2.29. The Morgan fingerprint density at radius 3 is 2.65 bits per heavy atom. The van der Waals surface area contributed by atoms with Crippen molar-refractivity contribution in [1.29, 1.82) is 0 Å². The van der Waals surface area contributed by atoms with E-state index in [1.165, 1.54) is 6.07 Å². The molecule has 108 valence electrons. The van der Waals surface area contributed by atoms with Gasteiger partial charge in [0.25, 0.3) is 0 Å². The van der Waals surface area contributed by atoms with E-state index in [4.69, 9.17) is 4.74 Å². The molecule has 0 radical (unpaired) electrons. The van der Waals surface area contributed by atoms with Crippen LogP contribution in [0, 0.1) is 18.6 Å². The van der Waals surface area contributed by atoms with Crippen molar-refractivity contribution < 1.29 is 13.5 Å². The number of alkyl halides is 1. The van der Waals surface area contributed by atoms with Crippen LogP contribution in [0.15, 0.2) is 12.1 Å². The second-order valence-electron chi connectivity index (χ2n) is 4.30. The van der Waals surface area contributed by atoms with Gasteiger partial charge in [-0.2, -0.15) is 0 Å². The van der Waals surface area contributed by atoms with Gasteiger partial charge in [0.2, 0.25) is 0 Å². The molecular weight excluding hydrogens is 332 g/mol. The van der Waals surface area contributed by atoms with E-state index in [1.807, 2.05) is 0 Å². The van der Waals surface area contributed by atoms with E-state index in [0.29, 0.717) is 35.7 Å². The smallest absolute Gasteiger partial charge is 0.167 e. The topological polar surface area (TPSA) is 39.9 Å². The Bertz CT molecular complexity index is 616. The lowest BCUT2D eigenvalue weighted by Gasteiger charge is -2.10. The molecule has 1 aromatic heterocycles. The van der Waals surface area contributed by atoms with Gasteiger partial charge in [0.1, 0.15) is 17.5 Å². The maximum Gasteiger partial charge on any atom is 0.167 e. The van der Waals surface area contributed by atoms with E-state index < -0.39 is 11.6 Å². The molecule has 1 aromatic carbocycles. The summed E-state index contributed by atoms with van der Waals surface area (Å²) in [6.07, 6.45) is 0. The predicted octanol–water partition coefficient (Wildman–Crippen LogP) is 3.07. The highest BCUT2D eigenvalue weighted by atomic mass is 79.9. The van der Waals surface area contributed by atoms with Crippen molar-refractivity contribution in [2.75, 3.05) is 13.7 Å². The molecule has 2 rings (SSSR count). The van der Waals surface area contributed by atoms with E-state index in [9.17, 15) is 8.78 Å². The molecule has 20 heavy (non-hydrogen) atoms. The zero-order valence-corrected chi connectivity index (χ0v) is 12.7. The van der Waals surface area contributed by atoms with Crippen LogP contribution in [0.1, 0.15) is 11.4 Å². The minimum absolute atomic E-state index is 0.236. The van der Waals surface area contributed by atoms with Gasteiger partial charge in [-0.15, -0.1) is 10.2 Å². The molecule has 0 atom stereocenters. The lowest BCUT2D eigenvalue weighted by molar-refractivity contribution is 0.187. The molecule has 0 N–H and O–H groups in total. The average Bonchev–Trinajstić information content (AvgIpc) is 2.83. The Morgan fingerprint density at radius 1 is 1.25 bits per heavy atom. The van der Waals surface area contributed by atoms with Gasteiger partial charge in [-0.3, -0.25) is 0 Å². The molecule has 0 aliphatic rings. The van der Waals surface area contributed by atoms with E-state index in [2.05, 4.69) is 26.1 Å². The number of benzene rings is 1. The van der Waals surface area contributed by atoms with Crippen LogP contribution in [-0.2, 0) is 16.6 Å². The van der Waals surface area contributed by atoms with Gasteiger partial charge in [-0.05, 0) is 18.6 Å². The fourth-order valence-electron chi connectivity index (χ4n) is 1.88. The van der Waals surface area contributed by atoms with Crippen LogP contribution >= 0.6 is 15.9 Å². The molecule has 0 aliphatic heterocycles. The summed E-state index contributed by atoms with van der Waals surface area (Å²) in [5, 5.41) is 8.51. The summed E-state index contributed by atoms with van der Waals surface area (Å²) >= 11 is 3.31. The number of aromatic nitrogens is 3. The second kappa shape index (κ2) is 6.41. The van der Waals surface area contributed by atoms with Gasteiger partial charge in [-0.1, -0.05) is 15.9 Å². The Labute approximate surface area is 123 Å². The van der Waals surface area contributed by atoms with Crippen molar-refractivity contribution in [3.63, 3.8) is 0 Å². The quantitative estimate of drug-likeness (QED) is 0.782. The summed E-state index contributed by atoms with van der Waals surface area (Å²) in [4.78, 5) is 0. The molecular formula is C13H14BrF2N3O. The number of methoxy groups -OCH3 is 1. The molecule has 0 spiro atoms. The molecule has 0 unspecified atom stereocenters. The van der Waals surface area contributed by atoms with Crippen LogP contribution in [0.5, 0.6) is 0 Å². The first-order valence-corrected chi connectivity index (χ1v) is 7.13. The summed E-state index contributed by atoms with van der Waals surface area (Å²) in [5.41, 5.74) is 0.600. The number of ether oxygens (including phenoxy) is 1. The molecule has 0 fully saturated rings. The minimum atomic E-state index is -0.653. The lowest BCUT2D eigenvalue weighted by Crippen LogP contribution is -2.09. The molecule has 2 aromatic rings. The number of aryl methyl sites for hydroxylation is 1. The van der Waals surface area contributed by atoms with Crippen LogP contribution < -0.4 is 0 Å². The number of hydrogen-bond acceptors (Lipinski definition) is 3. The Hall–Kier alpha value is -1.34. The Kier molecular flexibility index (Phi) is 4.82. The number of nitrogens with zero attached hydrogens (tertiary/aromatic N) is 3. The van der Waals surface area contributed by atoms with Crippen LogP contribution in [0.2, 0.25) is 0 Å². The Morgan fingerprint density at radius 2 is 2.00 bits per heavy atom. The third-order valence-corrected chi connectivity index (χ3v) is 3.46. The summed E-state index contributed by atoms with van der Waals surface area (Å²) < 4.78 is 34.1. The standard InChI is InChI=1S/C13H14BrF2N3O/c1-8-5-9(11(16)6-10(8)15)13-18-17-12(7-14)19(13)3-4-20-2/h5-6H,3-4,7H2,1-2H3. The monoisotopic (exact) mass is 345 g/mol. The van der Waals surface area contributed by atoms with E-state index >= 15 is 0 Å². The second-order valence-corrected chi connectivity index (χ2v) is 4.86. The number of rotatable bonds is 5. The fraction of sp³-hybridized carbons (Fsp3) is 0.385. The molecule has 0 saturated heterocycles. The molecule has 1 heterocycles. The van der Waals surface area contributed by atoms with Gasteiger partial charge in [0.05, 0.1) is 17.5 Å². The van der Waals surface area contributed by atoms with Crippen molar-refractivity contribution in [2.24, 2.45) is 0 Å². The van der Waals surface area contributed by atoms with Gasteiger partial charge in [0.15, 0.2) is 5.82 Å². The largest absolute Gasteiger partial charge is 0.383 e. The Balaban J connectivity index is 2.52. The molecule has 0 bridgehead atoms. The lowest BCUT2D eigenvalue weighted by atomic mass is 10.1. The summed E-state index contributed by atoms with van der Waals surface area (Å²) in [5.74, 6) is -0.189. The molecule has 7 heteroatoms. The van der Waals surface area contributed by atoms with Crippen LogP contribution in [-0.4, -0.2) is 28.5 Å². The zero-order valence-electron chi connectivity index (χ0n) is 11.2. The summed E-state index contributed by atoms with van der Waals surface area (Å²) in [7, 11) is 1.58. The van der Waals surface area contributed by atoms with Gasteiger partial charge in [0, 0.05) is 19.7 Å². The summed E-state index contributed by atoms with van der Waals surface area (Å²) in [6.45, 7) is 2.53. The number of hydrogen-bond donors (Lipinski definition) is 0. The van der Waals surface area contributed by atoms with Gasteiger partial charge in [-0.25, -0.2) is 8.78 Å². The van der Waals surface area contributed by atoms with Crippen LogP contribution in [0.25, 0.3) is 11.4 Å². The third kappa shape index (κ3) is 2.88. The SMILES string of the molecule is COCCn1c(CBr)nnc1-c1cc(C)c(F)cc1F. The molecule has 0 amide bonds. The zero-order chi connectivity index (χ0) is 14.7. The highest BCUT2D eigenvalue weighted by molar-refractivity contribution is 9.08. The summed E-state index contributed by atoms with van der Waals surface area (Å²) in [6, 6.07) is 2.31. The maximum atomic E-state index is 14.0. The van der Waals surface area contributed by atoms with E-state index in [0.717, 1.165) is 6.07 Å². The first kappa shape index (κ1) is 15.1. The highest BCUT2D eigenvalue weighted by Gasteiger charge is 2.17. The van der Waals surface area contributed by atoms with Crippen molar-refractivity contribution >= 4 is 15.9 Å². The van der Waals surface area contributed by atoms with Crippen molar-refractivity contribution in [3.8, 4) is 11.4 Å². The first-order chi connectivity index (χ1) is 9.58. The van der Waals surface area contributed by atoms with E-state index in [1.54, 1.807) is 18.6 Å². The normalized spacial score (nSPS) is 11.1.